The number of carbonyl (C=O) groups is 1. The number of methoxy groups -OCH3 is 1. The first-order valence-electron chi connectivity index (χ1n) is 10.1. The van der Waals surface area contributed by atoms with E-state index in [-0.39, 0.29) is 24.2 Å². The van der Waals surface area contributed by atoms with Crippen LogP contribution in [0.15, 0.2) is 47.4 Å². The maximum Gasteiger partial charge on any atom is 0.331 e. The maximum absolute atomic E-state index is 13.2. The van der Waals surface area contributed by atoms with Gasteiger partial charge in [-0.25, -0.2) is 9.78 Å². The van der Waals surface area contributed by atoms with Crippen molar-refractivity contribution in [2.75, 3.05) is 7.11 Å². The van der Waals surface area contributed by atoms with Crippen LogP contribution in [-0.4, -0.2) is 27.1 Å². The Morgan fingerprint density at radius 3 is 2.76 bits per heavy atom. The van der Waals surface area contributed by atoms with E-state index in [1.54, 1.807) is 23.9 Å². The molecule has 3 aromatic rings. The summed E-state index contributed by atoms with van der Waals surface area (Å²) in [6.45, 7) is 0.313. The van der Waals surface area contributed by atoms with Crippen LogP contribution in [0.1, 0.15) is 43.7 Å². The van der Waals surface area contributed by atoms with Crippen molar-refractivity contribution in [2.24, 2.45) is 0 Å². The average Bonchev–Trinajstić information content (AvgIpc) is 3.04. The molecule has 29 heavy (non-hydrogen) atoms. The van der Waals surface area contributed by atoms with Crippen molar-refractivity contribution < 1.29 is 9.53 Å². The van der Waals surface area contributed by atoms with Gasteiger partial charge in [-0.2, -0.15) is 0 Å². The summed E-state index contributed by atoms with van der Waals surface area (Å²) in [5.74, 6) is 0.507. The third-order valence-electron chi connectivity index (χ3n) is 5.63. The second kappa shape index (κ2) is 8.51. The molecule has 2 heterocycles. The normalized spacial score (nSPS) is 14.8. The molecule has 7 nitrogen and oxygen atoms in total. The largest absolute Gasteiger partial charge is 0.496 e. The summed E-state index contributed by atoms with van der Waals surface area (Å²) < 4.78 is 8.65. The molecule has 7 heteroatoms. The first-order valence-corrected chi connectivity index (χ1v) is 10.1. The molecule has 1 saturated carbocycles. The van der Waals surface area contributed by atoms with Gasteiger partial charge in [0.05, 0.1) is 12.6 Å². The molecule has 4 rings (SSSR count). The van der Waals surface area contributed by atoms with E-state index in [1.807, 2.05) is 30.3 Å². The number of nitrogens with zero attached hydrogens (tertiary/aromatic N) is 3. The molecule has 1 aliphatic rings. The standard InChI is InChI=1S/C22H26N4O3/c1-29-19-12-6-5-8-16(19)14-24-20(27)15-25-18-11-7-13-23-21(18)26(22(25)28)17-9-3-2-4-10-17/h5-8,11-13,17H,2-4,9-10,14-15H2,1H3,(H,24,27). The molecule has 0 radical (unpaired) electrons. The van der Waals surface area contributed by atoms with Crippen molar-refractivity contribution in [1.82, 2.24) is 19.4 Å². The van der Waals surface area contributed by atoms with Gasteiger partial charge in [0.25, 0.3) is 0 Å². The van der Waals surface area contributed by atoms with Gasteiger partial charge in [0, 0.05) is 24.3 Å². The number of imidazole rings is 1. The summed E-state index contributed by atoms with van der Waals surface area (Å²) in [4.78, 5) is 30.3. The van der Waals surface area contributed by atoms with Crippen LogP contribution in [0.3, 0.4) is 0 Å². The number of ether oxygens (including phenoxy) is 1. The fraction of sp³-hybridized carbons (Fsp3) is 0.409. The summed E-state index contributed by atoms with van der Waals surface area (Å²) in [6.07, 6.45) is 7.12. The smallest absolute Gasteiger partial charge is 0.331 e. The molecule has 0 atom stereocenters. The Morgan fingerprint density at radius 1 is 1.17 bits per heavy atom. The van der Waals surface area contributed by atoms with Crippen molar-refractivity contribution in [3.63, 3.8) is 0 Å². The molecule has 1 amide bonds. The van der Waals surface area contributed by atoms with E-state index >= 15 is 0 Å². The lowest BCUT2D eigenvalue weighted by molar-refractivity contribution is -0.121. The first kappa shape index (κ1) is 19.2. The second-order valence-electron chi connectivity index (χ2n) is 7.47. The second-order valence-corrected chi connectivity index (χ2v) is 7.47. The van der Waals surface area contributed by atoms with Gasteiger partial charge in [-0.15, -0.1) is 0 Å². The molecule has 1 N–H and O–H groups in total. The minimum Gasteiger partial charge on any atom is -0.496 e. The Morgan fingerprint density at radius 2 is 1.97 bits per heavy atom. The SMILES string of the molecule is COc1ccccc1CNC(=O)Cn1c(=O)n(C2CCCCC2)c2ncccc21. The van der Waals surface area contributed by atoms with E-state index in [0.717, 1.165) is 37.0 Å². The van der Waals surface area contributed by atoms with Crippen LogP contribution in [-0.2, 0) is 17.9 Å². The van der Waals surface area contributed by atoms with Crippen LogP contribution in [0, 0.1) is 0 Å². The third kappa shape index (κ3) is 3.90. The highest BCUT2D eigenvalue weighted by Gasteiger charge is 2.23. The number of para-hydroxylation sites is 1. The van der Waals surface area contributed by atoms with Gasteiger partial charge in [0.1, 0.15) is 12.3 Å². The van der Waals surface area contributed by atoms with Crippen molar-refractivity contribution >= 4 is 17.1 Å². The molecule has 1 fully saturated rings. The summed E-state index contributed by atoms with van der Waals surface area (Å²) in [5, 5.41) is 2.89. The molecule has 0 unspecified atom stereocenters. The minimum absolute atomic E-state index is 0.0318. The van der Waals surface area contributed by atoms with Gasteiger partial charge in [-0.3, -0.25) is 13.9 Å². The number of pyridine rings is 1. The monoisotopic (exact) mass is 394 g/mol. The predicted molar refractivity (Wildman–Crippen MR) is 111 cm³/mol. The molecular formula is C22H26N4O3. The Hall–Kier alpha value is -3.09. The van der Waals surface area contributed by atoms with Crippen LogP contribution in [0.25, 0.3) is 11.2 Å². The lowest BCUT2D eigenvalue weighted by atomic mass is 9.95. The molecule has 0 aliphatic heterocycles. The third-order valence-corrected chi connectivity index (χ3v) is 5.63. The number of rotatable bonds is 6. The fourth-order valence-electron chi connectivity index (χ4n) is 4.17. The lowest BCUT2D eigenvalue weighted by Crippen LogP contribution is -2.34. The van der Waals surface area contributed by atoms with E-state index in [1.165, 1.54) is 11.0 Å². The molecule has 2 aromatic heterocycles. The van der Waals surface area contributed by atoms with Crippen LogP contribution in [0.5, 0.6) is 5.75 Å². The number of hydrogen-bond donors (Lipinski definition) is 1. The Balaban J connectivity index is 1.57. The van der Waals surface area contributed by atoms with Crippen LogP contribution in [0.2, 0.25) is 0 Å². The zero-order valence-electron chi connectivity index (χ0n) is 16.6. The molecule has 152 valence electrons. The Labute approximate surface area is 169 Å². The highest BCUT2D eigenvalue weighted by atomic mass is 16.5. The Kier molecular flexibility index (Phi) is 5.64. The van der Waals surface area contributed by atoms with E-state index in [9.17, 15) is 9.59 Å². The van der Waals surface area contributed by atoms with Crippen molar-refractivity contribution in [2.45, 2.75) is 51.2 Å². The molecule has 0 saturated heterocycles. The van der Waals surface area contributed by atoms with Gasteiger partial charge < -0.3 is 10.1 Å². The van der Waals surface area contributed by atoms with Gasteiger partial charge in [-0.05, 0) is 31.0 Å². The molecular weight excluding hydrogens is 368 g/mol. The highest BCUT2D eigenvalue weighted by molar-refractivity contribution is 5.79. The number of nitrogens with one attached hydrogen (secondary N) is 1. The van der Waals surface area contributed by atoms with Crippen molar-refractivity contribution in [3.05, 3.63) is 58.6 Å². The van der Waals surface area contributed by atoms with E-state index < -0.39 is 0 Å². The van der Waals surface area contributed by atoms with Gasteiger partial charge in [-0.1, -0.05) is 37.5 Å². The van der Waals surface area contributed by atoms with Gasteiger partial charge in [0.2, 0.25) is 5.91 Å². The van der Waals surface area contributed by atoms with E-state index in [0.29, 0.717) is 17.7 Å². The minimum atomic E-state index is -0.218. The molecule has 1 aromatic carbocycles. The fourth-order valence-corrected chi connectivity index (χ4v) is 4.17. The molecule has 0 spiro atoms. The number of benzene rings is 1. The van der Waals surface area contributed by atoms with Gasteiger partial charge >= 0.3 is 5.69 Å². The molecule has 1 aliphatic carbocycles. The number of fused-ring (bicyclic) bond motifs is 1. The van der Waals surface area contributed by atoms with E-state index in [2.05, 4.69) is 10.3 Å². The maximum atomic E-state index is 13.2. The topological polar surface area (TPSA) is 78.1 Å². The summed E-state index contributed by atoms with van der Waals surface area (Å²) in [5.41, 5.74) is 2.11. The number of carbonyl (C=O) groups excluding carboxylic acids is 1. The zero-order chi connectivity index (χ0) is 20.2. The van der Waals surface area contributed by atoms with Gasteiger partial charge in [0.15, 0.2) is 5.65 Å². The molecule has 0 bridgehead atoms. The number of aromatic nitrogens is 3. The van der Waals surface area contributed by atoms with Crippen LogP contribution < -0.4 is 15.7 Å². The average molecular weight is 394 g/mol. The summed E-state index contributed by atoms with van der Waals surface area (Å²) >= 11 is 0. The lowest BCUT2D eigenvalue weighted by Gasteiger charge is -2.22. The number of hydrogen-bond acceptors (Lipinski definition) is 4. The zero-order valence-corrected chi connectivity index (χ0v) is 16.6. The van der Waals surface area contributed by atoms with E-state index in [4.69, 9.17) is 4.74 Å². The predicted octanol–water partition coefficient (Wildman–Crippen LogP) is 3.03. The first-order chi connectivity index (χ1) is 14.2. The van der Waals surface area contributed by atoms with Crippen molar-refractivity contribution in [3.8, 4) is 5.75 Å². The quantitative estimate of drug-likeness (QED) is 0.697. The summed E-state index contributed by atoms with van der Waals surface area (Å²) in [6, 6.07) is 11.4. The summed E-state index contributed by atoms with van der Waals surface area (Å²) in [7, 11) is 1.60. The van der Waals surface area contributed by atoms with Crippen LogP contribution >= 0.6 is 0 Å². The van der Waals surface area contributed by atoms with Crippen LogP contribution in [0.4, 0.5) is 0 Å². The van der Waals surface area contributed by atoms with Crippen molar-refractivity contribution in [1.29, 1.82) is 0 Å². The number of amides is 1. The Bertz CT molecular complexity index is 1060. The highest BCUT2D eigenvalue weighted by Crippen LogP contribution is 2.29.